The molecule has 0 saturated heterocycles. The molecule has 0 bridgehead atoms. The number of rotatable bonds is 5. The van der Waals surface area contributed by atoms with Gasteiger partial charge in [-0.25, -0.2) is 0 Å². The number of phenolic OH excluding ortho intramolecular Hbond substituents is 1. The molecule has 3 aromatic carbocycles. The maximum atomic E-state index is 9.65. The van der Waals surface area contributed by atoms with E-state index < -0.39 is 0 Å². The molecular weight excluding hydrogens is 282 g/mol. The second-order valence-corrected chi connectivity index (χ2v) is 5.88. The molecule has 0 unspecified atom stereocenters. The maximum absolute atomic E-state index is 9.65. The topological polar surface area (TPSA) is 32.3 Å². The fourth-order valence-corrected chi connectivity index (χ4v) is 2.86. The van der Waals surface area contributed by atoms with Crippen LogP contribution >= 0.6 is 0 Å². The van der Waals surface area contributed by atoms with Gasteiger partial charge in [0.15, 0.2) is 0 Å². The second kappa shape index (κ2) is 6.67. The highest BCUT2D eigenvalue weighted by Gasteiger charge is 2.27. The zero-order chi connectivity index (χ0) is 16.1. The van der Waals surface area contributed by atoms with Crippen molar-refractivity contribution < 1.29 is 5.11 Å². The highest BCUT2D eigenvalue weighted by Crippen LogP contribution is 2.29. The summed E-state index contributed by atoms with van der Waals surface area (Å²) in [6.07, 6.45) is 0. The zero-order valence-electron chi connectivity index (χ0n) is 13.2. The maximum Gasteiger partial charge on any atom is 0.115 e. The normalized spacial score (nSPS) is 11.3. The molecule has 23 heavy (non-hydrogen) atoms. The lowest BCUT2D eigenvalue weighted by Gasteiger charge is -2.32. The molecule has 0 aliphatic rings. The van der Waals surface area contributed by atoms with Gasteiger partial charge < -0.3 is 5.11 Å². The van der Waals surface area contributed by atoms with E-state index in [4.69, 9.17) is 0 Å². The van der Waals surface area contributed by atoms with Crippen LogP contribution in [0, 0.1) is 0 Å². The Morgan fingerprint density at radius 1 is 0.783 bits per heavy atom. The summed E-state index contributed by atoms with van der Waals surface area (Å²) in [6, 6.07) is 28.3. The average Bonchev–Trinajstić information content (AvgIpc) is 2.61. The van der Waals surface area contributed by atoms with Crippen molar-refractivity contribution in [1.82, 2.24) is 5.32 Å². The van der Waals surface area contributed by atoms with Crippen molar-refractivity contribution in [2.24, 2.45) is 0 Å². The molecule has 3 aromatic rings. The molecule has 2 heteroatoms. The van der Waals surface area contributed by atoms with Crippen LogP contribution in [-0.4, -0.2) is 5.11 Å². The summed E-state index contributed by atoms with van der Waals surface area (Å²) in [5, 5.41) is 13.3. The Bertz CT molecular complexity index is 714. The van der Waals surface area contributed by atoms with Crippen molar-refractivity contribution in [3.05, 3.63) is 102 Å². The molecule has 0 amide bonds. The summed E-state index contributed by atoms with van der Waals surface area (Å²) in [5.74, 6) is 0.297. The fraction of sp³-hybridized carbons (Fsp3) is 0.143. The van der Waals surface area contributed by atoms with Crippen LogP contribution in [0.15, 0.2) is 84.9 Å². The van der Waals surface area contributed by atoms with Gasteiger partial charge in [-0.1, -0.05) is 72.8 Å². The van der Waals surface area contributed by atoms with Crippen molar-refractivity contribution >= 4 is 0 Å². The van der Waals surface area contributed by atoms with Gasteiger partial charge in [0.25, 0.3) is 0 Å². The summed E-state index contributed by atoms with van der Waals surface area (Å²) < 4.78 is 0. The van der Waals surface area contributed by atoms with Crippen molar-refractivity contribution in [3.8, 4) is 5.75 Å². The van der Waals surface area contributed by atoms with Gasteiger partial charge in [0.05, 0.1) is 5.54 Å². The quantitative estimate of drug-likeness (QED) is 0.730. The minimum absolute atomic E-state index is 0.297. The van der Waals surface area contributed by atoms with E-state index in [-0.39, 0.29) is 5.54 Å². The van der Waals surface area contributed by atoms with Gasteiger partial charge in [-0.05, 0) is 35.7 Å². The van der Waals surface area contributed by atoms with E-state index in [0.717, 1.165) is 5.56 Å². The van der Waals surface area contributed by atoms with Crippen molar-refractivity contribution in [1.29, 1.82) is 0 Å². The molecule has 3 rings (SSSR count). The van der Waals surface area contributed by atoms with Gasteiger partial charge in [-0.3, -0.25) is 5.32 Å². The minimum atomic E-state index is -0.298. The van der Waals surface area contributed by atoms with Crippen molar-refractivity contribution in [3.63, 3.8) is 0 Å². The predicted molar refractivity (Wildman–Crippen MR) is 94.3 cm³/mol. The van der Waals surface area contributed by atoms with Crippen molar-refractivity contribution in [2.75, 3.05) is 0 Å². The first-order chi connectivity index (χ1) is 11.2. The molecule has 0 fully saturated rings. The lowest BCUT2D eigenvalue weighted by atomic mass is 9.84. The molecule has 2 nitrogen and oxygen atoms in total. The van der Waals surface area contributed by atoms with Gasteiger partial charge >= 0.3 is 0 Å². The number of benzene rings is 3. The lowest BCUT2D eigenvalue weighted by Crippen LogP contribution is -2.40. The summed E-state index contributed by atoms with van der Waals surface area (Å²) >= 11 is 0. The van der Waals surface area contributed by atoms with Gasteiger partial charge in [-0.2, -0.15) is 0 Å². The number of phenols is 1. The van der Waals surface area contributed by atoms with Crippen LogP contribution < -0.4 is 5.32 Å². The van der Waals surface area contributed by atoms with Crippen LogP contribution in [0.5, 0.6) is 5.75 Å². The molecule has 0 aliphatic carbocycles. The Hall–Kier alpha value is -2.58. The van der Waals surface area contributed by atoms with Gasteiger partial charge in [0.1, 0.15) is 5.75 Å². The van der Waals surface area contributed by atoms with Crippen LogP contribution in [0.1, 0.15) is 23.6 Å². The number of hydrogen-bond donors (Lipinski definition) is 2. The third kappa shape index (κ3) is 3.43. The molecule has 0 spiro atoms. The van der Waals surface area contributed by atoms with E-state index in [1.165, 1.54) is 11.1 Å². The summed E-state index contributed by atoms with van der Waals surface area (Å²) in [7, 11) is 0. The van der Waals surface area contributed by atoms with Crippen molar-refractivity contribution in [2.45, 2.75) is 19.0 Å². The van der Waals surface area contributed by atoms with Gasteiger partial charge in [0.2, 0.25) is 0 Å². The molecule has 0 aliphatic heterocycles. The van der Waals surface area contributed by atoms with Crippen LogP contribution in [-0.2, 0) is 12.1 Å². The van der Waals surface area contributed by atoms with Gasteiger partial charge in [-0.15, -0.1) is 0 Å². The van der Waals surface area contributed by atoms with E-state index in [1.807, 2.05) is 24.3 Å². The standard InChI is InChI=1S/C21H21NO/c1-21(18-10-4-2-5-11-18,19-12-6-3-7-13-19)22-16-17-9-8-14-20(23)15-17/h2-15,22-23H,16H2,1H3. The van der Waals surface area contributed by atoms with E-state index in [0.29, 0.717) is 12.3 Å². The Morgan fingerprint density at radius 2 is 1.35 bits per heavy atom. The van der Waals surface area contributed by atoms with E-state index in [2.05, 4.69) is 60.8 Å². The lowest BCUT2D eigenvalue weighted by molar-refractivity contribution is 0.434. The van der Waals surface area contributed by atoms with E-state index in [9.17, 15) is 5.11 Å². The first-order valence-corrected chi connectivity index (χ1v) is 7.82. The molecular formula is C21H21NO. The molecule has 0 heterocycles. The largest absolute Gasteiger partial charge is 0.508 e. The van der Waals surface area contributed by atoms with Gasteiger partial charge in [0, 0.05) is 6.54 Å². The Morgan fingerprint density at radius 3 is 1.87 bits per heavy atom. The molecule has 0 radical (unpaired) electrons. The first kappa shape index (κ1) is 15.3. The summed E-state index contributed by atoms with van der Waals surface area (Å²) in [4.78, 5) is 0. The fourth-order valence-electron chi connectivity index (χ4n) is 2.86. The number of hydrogen-bond acceptors (Lipinski definition) is 2. The summed E-state index contributed by atoms with van der Waals surface area (Å²) in [6.45, 7) is 2.87. The summed E-state index contributed by atoms with van der Waals surface area (Å²) in [5.41, 5.74) is 3.19. The Labute approximate surface area is 137 Å². The average molecular weight is 303 g/mol. The molecule has 0 saturated carbocycles. The molecule has 0 aromatic heterocycles. The highest BCUT2D eigenvalue weighted by atomic mass is 16.3. The van der Waals surface area contributed by atoms with Crippen LogP contribution in [0.2, 0.25) is 0 Å². The SMILES string of the molecule is CC(NCc1cccc(O)c1)(c1ccccc1)c1ccccc1. The van der Waals surface area contributed by atoms with E-state index >= 15 is 0 Å². The zero-order valence-corrected chi connectivity index (χ0v) is 13.2. The van der Waals surface area contributed by atoms with Crippen LogP contribution in [0.25, 0.3) is 0 Å². The predicted octanol–water partition coefficient (Wildman–Crippen LogP) is 4.45. The second-order valence-electron chi connectivity index (χ2n) is 5.88. The highest BCUT2D eigenvalue weighted by molar-refractivity contribution is 5.38. The van der Waals surface area contributed by atoms with E-state index in [1.54, 1.807) is 12.1 Å². The molecule has 116 valence electrons. The monoisotopic (exact) mass is 303 g/mol. The van der Waals surface area contributed by atoms with Crippen LogP contribution in [0.3, 0.4) is 0 Å². The third-order valence-corrected chi connectivity index (χ3v) is 4.26. The molecule has 2 N–H and O–H groups in total. The minimum Gasteiger partial charge on any atom is -0.508 e. The Kier molecular flexibility index (Phi) is 4.45. The van der Waals surface area contributed by atoms with Crippen LogP contribution in [0.4, 0.5) is 0 Å². The first-order valence-electron chi connectivity index (χ1n) is 7.82. The molecule has 0 atom stereocenters. The smallest absolute Gasteiger partial charge is 0.115 e. The third-order valence-electron chi connectivity index (χ3n) is 4.26. The number of aromatic hydroxyl groups is 1. The Balaban J connectivity index is 1.93. The number of nitrogens with one attached hydrogen (secondary N) is 1.